The fourth-order valence-corrected chi connectivity index (χ4v) is 3.39. The van der Waals surface area contributed by atoms with Crippen molar-refractivity contribution in [3.63, 3.8) is 0 Å². The van der Waals surface area contributed by atoms with Gasteiger partial charge in [-0.25, -0.2) is 4.98 Å². The molecule has 2 fully saturated rings. The average molecular weight is 386 g/mol. The summed E-state index contributed by atoms with van der Waals surface area (Å²) >= 11 is 0. The Morgan fingerprint density at radius 2 is 1.93 bits per heavy atom. The van der Waals surface area contributed by atoms with E-state index in [1.807, 2.05) is 24.4 Å². The number of benzene rings is 1. The Morgan fingerprint density at radius 3 is 2.72 bits per heavy atom. The summed E-state index contributed by atoms with van der Waals surface area (Å²) in [5.41, 5.74) is 5.36. The van der Waals surface area contributed by atoms with Crippen LogP contribution in [0.2, 0.25) is 0 Å². The molecule has 3 heterocycles. The molecule has 29 heavy (non-hydrogen) atoms. The molecule has 2 atom stereocenters. The molecule has 2 unspecified atom stereocenters. The van der Waals surface area contributed by atoms with Gasteiger partial charge in [0.2, 0.25) is 5.91 Å². The van der Waals surface area contributed by atoms with E-state index in [1.54, 1.807) is 12.4 Å². The highest BCUT2D eigenvalue weighted by atomic mass is 16.6. The molecule has 1 aliphatic heterocycles. The van der Waals surface area contributed by atoms with Gasteiger partial charge in [0.1, 0.15) is 11.9 Å². The van der Waals surface area contributed by atoms with Crippen molar-refractivity contribution in [3.05, 3.63) is 72.2 Å². The summed E-state index contributed by atoms with van der Waals surface area (Å²) in [5, 5.41) is 6.33. The molecule has 0 spiro atoms. The highest BCUT2D eigenvalue weighted by Gasteiger charge is 2.41. The van der Waals surface area contributed by atoms with E-state index in [2.05, 4.69) is 51.8 Å². The maximum atomic E-state index is 12.0. The van der Waals surface area contributed by atoms with Crippen LogP contribution in [0.3, 0.4) is 0 Å². The second kappa shape index (κ2) is 7.29. The number of nitrogens with zero attached hydrogens (tertiary/aromatic N) is 2. The molecule has 2 aliphatic rings. The lowest BCUT2D eigenvalue weighted by Gasteiger charge is -2.10. The molecule has 1 saturated carbocycles. The van der Waals surface area contributed by atoms with E-state index < -0.39 is 0 Å². The summed E-state index contributed by atoms with van der Waals surface area (Å²) in [6.07, 6.45) is 7.04. The smallest absolute Gasteiger partial charge is 0.228 e. The topological polar surface area (TPSA) is 79.4 Å². The minimum atomic E-state index is -0.141. The Balaban J connectivity index is 1.29. The van der Waals surface area contributed by atoms with Crippen LogP contribution >= 0.6 is 0 Å². The molecule has 0 bridgehead atoms. The first kappa shape index (κ1) is 17.8. The fraction of sp³-hybridized carbons (Fsp3) is 0.261. The zero-order valence-corrected chi connectivity index (χ0v) is 16.1. The van der Waals surface area contributed by atoms with Crippen LogP contribution in [0.15, 0.2) is 61.1 Å². The standard InChI is InChI=1S/C23H22N4O2/c1-14-2-4-15(5-3-14)18-9-10-24-13-19(18)26-23-21(29-23)17-8-11-25-20(12-17)27-22(28)16-6-7-16/h2-5,8-13,16,21,23,26H,6-7H2,1H3,(H,25,27,28). The van der Waals surface area contributed by atoms with Crippen molar-refractivity contribution in [1.29, 1.82) is 0 Å². The highest BCUT2D eigenvalue weighted by Crippen LogP contribution is 2.41. The third kappa shape index (κ3) is 3.98. The summed E-state index contributed by atoms with van der Waals surface area (Å²) in [5.74, 6) is 0.785. The van der Waals surface area contributed by atoms with Crippen molar-refractivity contribution in [3.8, 4) is 11.1 Å². The summed E-state index contributed by atoms with van der Waals surface area (Å²) in [6.45, 7) is 2.08. The van der Waals surface area contributed by atoms with Crippen molar-refractivity contribution in [2.75, 3.05) is 10.6 Å². The van der Waals surface area contributed by atoms with Crippen LogP contribution in [0.1, 0.15) is 30.1 Å². The Morgan fingerprint density at radius 1 is 1.10 bits per heavy atom. The first-order valence-corrected chi connectivity index (χ1v) is 9.87. The second-order valence-electron chi connectivity index (χ2n) is 7.65. The van der Waals surface area contributed by atoms with Gasteiger partial charge >= 0.3 is 0 Å². The number of epoxide rings is 1. The van der Waals surface area contributed by atoms with Gasteiger partial charge in [0, 0.05) is 23.9 Å². The lowest BCUT2D eigenvalue weighted by molar-refractivity contribution is -0.117. The van der Waals surface area contributed by atoms with Crippen molar-refractivity contribution in [1.82, 2.24) is 9.97 Å². The van der Waals surface area contributed by atoms with Crippen molar-refractivity contribution < 1.29 is 9.53 Å². The zero-order chi connectivity index (χ0) is 19.8. The van der Waals surface area contributed by atoms with Gasteiger partial charge in [0.15, 0.2) is 6.23 Å². The second-order valence-corrected chi connectivity index (χ2v) is 7.65. The van der Waals surface area contributed by atoms with Crippen molar-refractivity contribution >= 4 is 17.4 Å². The largest absolute Gasteiger partial charge is 0.356 e. The quantitative estimate of drug-likeness (QED) is 0.617. The Kier molecular flexibility index (Phi) is 4.48. The van der Waals surface area contributed by atoms with Crippen LogP contribution in [-0.2, 0) is 9.53 Å². The Labute approximate surface area is 169 Å². The first-order valence-electron chi connectivity index (χ1n) is 9.87. The predicted octanol–water partition coefficient (Wildman–Crippen LogP) is 4.31. The Bertz CT molecular complexity index is 1050. The van der Waals surface area contributed by atoms with Crippen LogP contribution in [-0.4, -0.2) is 22.1 Å². The third-order valence-electron chi connectivity index (χ3n) is 5.28. The predicted molar refractivity (Wildman–Crippen MR) is 111 cm³/mol. The molecule has 6 heteroatoms. The zero-order valence-electron chi connectivity index (χ0n) is 16.1. The van der Waals surface area contributed by atoms with Crippen LogP contribution < -0.4 is 10.6 Å². The number of nitrogens with one attached hydrogen (secondary N) is 2. The summed E-state index contributed by atoms with van der Waals surface area (Å²) in [6, 6.07) is 14.2. The molecule has 2 N–H and O–H groups in total. The monoisotopic (exact) mass is 386 g/mol. The molecule has 146 valence electrons. The maximum absolute atomic E-state index is 12.0. The van der Waals surface area contributed by atoms with Crippen LogP contribution in [0.25, 0.3) is 11.1 Å². The van der Waals surface area contributed by atoms with E-state index in [9.17, 15) is 4.79 Å². The number of rotatable bonds is 6. The number of carbonyl (C=O) groups is 1. The van der Waals surface area contributed by atoms with E-state index in [4.69, 9.17) is 4.74 Å². The van der Waals surface area contributed by atoms with Crippen LogP contribution in [0.5, 0.6) is 0 Å². The minimum Gasteiger partial charge on any atom is -0.356 e. The SMILES string of the molecule is Cc1ccc(-c2ccncc2NC2OC2c2ccnc(NC(=O)C3CC3)c2)cc1. The Hall–Kier alpha value is -3.25. The number of aromatic nitrogens is 2. The van der Waals surface area contributed by atoms with Crippen molar-refractivity contribution in [2.45, 2.75) is 32.1 Å². The molecular weight excluding hydrogens is 364 g/mol. The molecule has 2 aromatic heterocycles. The van der Waals surface area contributed by atoms with Gasteiger partial charge < -0.3 is 15.4 Å². The number of hydrogen-bond acceptors (Lipinski definition) is 5. The van der Waals surface area contributed by atoms with Gasteiger partial charge in [0.25, 0.3) is 0 Å². The molecule has 0 radical (unpaired) electrons. The van der Waals surface area contributed by atoms with Crippen LogP contribution in [0.4, 0.5) is 11.5 Å². The molecule has 1 amide bonds. The van der Waals surface area contributed by atoms with E-state index in [1.165, 1.54) is 5.56 Å². The van der Waals surface area contributed by atoms with E-state index >= 15 is 0 Å². The number of hydrogen-bond donors (Lipinski definition) is 2. The molecule has 1 aromatic carbocycles. The maximum Gasteiger partial charge on any atom is 0.228 e. The molecule has 6 nitrogen and oxygen atoms in total. The van der Waals surface area contributed by atoms with Gasteiger partial charge in [-0.3, -0.25) is 9.78 Å². The normalized spacial score (nSPS) is 20.2. The van der Waals surface area contributed by atoms with E-state index in [0.29, 0.717) is 5.82 Å². The van der Waals surface area contributed by atoms with Gasteiger partial charge in [-0.2, -0.15) is 0 Å². The minimum absolute atomic E-state index is 0.0548. The molecule has 5 rings (SSSR count). The number of anilines is 2. The lowest BCUT2D eigenvalue weighted by atomic mass is 10.0. The third-order valence-corrected chi connectivity index (χ3v) is 5.28. The average Bonchev–Trinajstić information content (AvgIpc) is 3.64. The first-order chi connectivity index (χ1) is 14.2. The number of amides is 1. The summed E-state index contributed by atoms with van der Waals surface area (Å²) < 4.78 is 5.86. The number of carbonyl (C=O) groups excluding carboxylic acids is 1. The van der Waals surface area contributed by atoms with Gasteiger partial charge in [-0.15, -0.1) is 0 Å². The number of aryl methyl sites for hydroxylation is 1. The highest BCUT2D eigenvalue weighted by molar-refractivity contribution is 5.93. The molecule has 1 aliphatic carbocycles. The van der Waals surface area contributed by atoms with Crippen LogP contribution in [0, 0.1) is 12.8 Å². The molecular formula is C23H22N4O2. The summed E-state index contributed by atoms with van der Waals surface area (Å²) in [4.78, 5) is 20.5. The van der Waals surface area contributed by atoms with Gasteiger partial charge in [-0.1, -0.05) is 29.8 Å². The summed E-state index contributed by atoms with van der Waals surface area (Å²) in [7, 11) is 0. The van der Waals surface area contributed by atoms with Gasteiger partial charge in [0.05, 0.1) is 11.9 Å². The van der Waals surface area contributed by atoms with E-state index in [-0.39, 0.29) is 24.2 Å². The van der Waals surface area contributed by atoms with Gasteiger partial charge in [-0.05, 0) is 49.1 Å². The number of ether oxygens (including phenoxy) is 1. The van der Waals surface area contributed by atoms with E-state index in [0.717, 1.165) is 35.2 Å². The molecule has 3 aromatic rings. The molecule has 1 saturated heterocycles. The number of pyridine rings is 2. The fourth-order valence-electron chi connectivity index (χ4n) is 3.39. The van der Waals surface area contributed by atoms with Crippen molar-refractivity contribution in [2.24, 2.45) is 5.92 Å². The lowest BCUT2D eigenvalue weighted by Crippen LogP contribution is -2.14.